The molecule has 0 fully saturated rings. The van der Waals surface area contributed by atoms with E-state index < -0.39 is 11.9 Å². The van der Waals surface area contributed by atoms with Gasteiger partial charge in [0, 0.05) is 24.5 Å². The maximum Gasteiger partial charge on any atom is 0.321 e. The second-order valence-electron chi connectivity index (χ2n) is 5.68. The minimum absolute atomic E-state index is 0.0242. The van der Waals surface area contributed by atoms with Crippen LogP contribution in [0.25, 0.3) is 17.1 Å². The Bertz CT molecular complexity index is 1030. The maximum atomic E-state index is 12.0. The molecule has 11 heteroatoms. The zero-order valence-electron chi connectivity index (χ0n) is 15.2. The number of nitrogens with one attached hydrogen (secondary N) is 2. The molecule has 0 saturated carbocycles. The van der Waals surface area contributed by atoms with Crippen LogP contribution in [0.3, 0.4) is 0 Å². The molecule has 2 heterocycles. The van der Waals surface area contributed by atoms with E-state index in [1.54, 1.807) is 48.1 Å². The van der Waals surface area contributed by atoms with Crippen molar-refractivity contribution >= 4 is 46.9 Å². The van der Waals surface area contributed by atoms with Gasteiger partial charge in [0.1, 0.15) is 0 Å². The summed E-state index contributed by atoms with van der Waals surface area (Å²) in [4.78, 5) is 27.6. The molecule has 29 heavy (non-hydrogen) atoms. The van der Waals surface area contributed by atoms with Crippen molar-refractivity contribution in [1.82, 2.24) is 30.4 Å². The Morgan fingerprint density at radius 1 is 1.17 bits per heavy atom. The molecule has 1 aromatic carbocycles. The molecule has 0 radical (unpaired) electrons. The number of imide groups is 1. The van der Waals surface area contributed by atoms with E-state index in [1.165, 1.54) is 0 Å². The van der Waals surface area contributed by atoms with Gasteiger partial charge in [-0.05, 0) is 37.3 Å². The molecule has 3 aromatic rings. The molecule has 2 aromatic heterocycles. The lowest BCUT2D eigenvalue weighted by atomic mass is 10.2. The van der Waals surface area contributed by atoms with E-state index in [0.29, 0.717) is 33.3 Å². The van der Waals surface area contributed by atoms with Gasteiger partial charge in [0.05, 0.1) is 21.5 Å². The molecule has 0 spiro atoms. The Balaban J connectivity index is 1.91. The average molecular weight is 451 g/mol. The third kappa shape index (κ3) is 5.26. The summed E-state index contributed by atoms with van der Waals surface area (Å²) in [6.07, 6.45) is 3.32. The lowest BCUT2D eigenvalue weighted by Crippen LogP contribution is -2.40. The SMILES string of the molecule is CCNC(=O)NC(=O)CSc1nnc(-c2cccnc2)n1-c1ccc(Cl)c(Cl)c1. The largest absolute Gasteiger partial charge is 0.338 e. The highest BCUT2D eigenvalue weighted by atomic mass is 35.5. The van der Waals surface area contributed by atoms with Crippen LogP contribution in [-0.2, 0) is 4.79 Å². The van der Waals surface area contributed by atoms with Gasteiger partial charge in [-0.3, -0.25) is 19.7 Å². The topological polar surface area (TPSA) is 102 Å². The lowest BCUT2D eigenvalue weighted by molar-refractivity contribution is -0.117. The van der Waals surface area contributed by atoms with Crippen molar-refractivity contribution in [1.29, 1.82) is 0 Å². The fraction of sp³-hybridized carbons (Fsp3) is 0.167. The smallest absolute Gasteiger partial charge is 0.321 e. The summed E-state index contributed by atoms with van der Waals surface area (Å²) in [5, 5.41) is 14.4. The van der Waals surface area contributed by atoms with Crippen LogP contribution in [0, 0.1) is 0 Å². The highest BCUT2D eigenvalue weighted by Gasteiger charge is 2.18. The first-order valence-corrected chi connectivity index (χ1v) is 10.3. The number of pyridine rings is 1. The van der Waals surface area contributed by atoms with Crippen LogP contribution in [0.2, 0.25) is 10.0 Å². The highest BCUT2D eigenvalue weighted by Crippen LogP contribution is 2.31. The summed E-state index contributed by atoms with van der Waals surface area (Å²) < 4.78 is 1.75. The minimum Gasteiger partial charge on any atom is -0.338 e. The molecule has 0 aliphatic carbocycles. The maximum absolute atomic E-state index is 12.0. The molecule has 3 amide bonds. The number of amides is 3. The third-order valence-corrected chi connectivity index (χ3v) is 5.31. The molecule has 150 valence electrons. The number of benzene rings is 1. The predicted octanol–water partition coefficient (Wildman–Crippen LogP) is 3.57. The zero-order chi connectivity index (χ0) is 20.8. The van der Waals surface area contributed by atoms with E-state index in [4.69, 9.17) is 23.2 Å². The molecular weight excluding hydrogens is 435 g/mol. The summed E-state index contributed by atoms with van der Waals surface area (Å²) in [5.74, 6) is 0.0552. The predicted molar refractivity (Wildman–Crippen MR) is 113 cm³/mol. The minimum atomic E-state index is -0.542. The average Bonchev–Trinajstić information content (AvgIpc) is 3.13. The van der Waals surface area contributed by atoms with E-state index in [-0.39, 0.29) is 5.75 Å². The fourth-order valence-corrected chi connectivity index (χ4v) is 3.44. The highest BCUT2D eigenvalue weighted by molar-refractivity contribution is 7.99. The van der Waals surface area contributed by atoms with Crippen LogP contribution in [0.15, 0.2) is 47.9 Å². The second-order valence-corrected chi connectivity index (χ2v) is 7.43. The van der Waals surface area contributed by atoms with Gasteiger partial charge >= 0.3 is 6.03 Å². The number of nitrogens with zero attached hydrogens (tertiary/aromatic N) is 4. The number of carbonyl (C=O) groups is 2. The van der Waals surface area contributed by atoms with Crippen LogP contribution in [0.5, 0.6) is 0 Å². The molecule has 3 rings (SSSR count). The molecule has 0 atom stereocenters. The fourth-order valence-electron chi connectivity index (χ4n) is 2.40. The van der Waals surface area contributed by atoms with Gasteiger partial charge in [0.2, 0.25) is 5.91 Å². The van der Waals surface area contributed by atoms with Gasteiger partial charge in [-0.25, -0.2) is 4.79 Å². The molecule has 0 bridgehead atoms. The van der Waals surface area contributed by atoms with Gasteiger partial charge in [-0.2, -0.15) is 0 Å². The van der Waals surface area contributed by atoms with Crippen LogP contribution in [-0.4, -0.2) is 44.0 Å². The summed E-state index contributed by atoms with van der Waals surface area (Å²) in [7, 11) is 0. The number of thioether (sulfide) groups is 1. The van der Waals surface area contributed by atoms with Crippen molar-refractivity contribution in [3.63, 3.8) is 0 Å². The number of carbonyl (C=O) groups excluding carboxylic acids is 2. The van der Waals surface area contributed by atoms with Gasteiger partial charge in [-0.1, -0.05) is 35.0 Å². The van der Waals surface area contributed by atoms with Crippen LogP contribution < -0.4 is 10.6 Å². The van der Waals surface area contributed by atoms with Crippen molar-refractivity contribution in [3.8, 4) is 17.1 Å². The van der Waals surface area contributed by atoms with Crippen LogP contribution in [0.1, 0.15) is 6.92 Å². The first-order chi connectivity index (χ1) is 14.0. The summed E-state index contributed by atoms with van der Waals surface area (Å²) in [6.45, 7) is 2.19. The second kappa shape index (κ2) is 9.73. The van der Waals surface area contributed by atoms with E-state index >= 15 is 0 Å². The Morgan fingerprint density at radius 2 is 2.00 bits per heavy atom. The first-order valence-electron chi connectivity index (χ1n) is 8.51. The number of rotatable bonds is 6. The summed E-state index contributed by atoms with van der Waals surface area (Å²) in [6, 6.07) is 8.22. The normalized spacial score (nSPS) is 10.6. The molecular formula is C18H16Cl2N6O2S. The number of aromatic nitrogens is 4. The first kappa shape index (κ1) is 21.1. The van der Waals surface area contributed by atoms with E-state index in [1.807, 2.05) is 6.07 Å². The molecule has 2 N–H and O–H groups in total. The molecule has 0 aliphatic heterocycles. The van der Waals surface area contributed by atoms with Crippen molar-refractivity contribution in [2.45, 2.75) is 12.1 Å². The Labute approximate surface area is 181 Å². The van der Waals surface area contributed by atoms with Crippen molar-refractivity contribution in [2.75, 3.05) is 12.3 Å². The Hall–Kier alpha value is -2.62. The van der Waals surface area contributed by atoms with Crippen LogP contribution in [0.4, 0.5) is 4.79 Å². The number of hydrogen-bond acceptors (Lipinski definition) is 6. The summed E-state index contributed by atoms with van der Waals surface area (Å²) in [5.41, 5.74) is 1.42. The molecule has 8 nitrogen and oxygen atoms in total. The monoisotopic (exact) mass is 450 g/mol. The van der Waals surface area contributed by atoms with Gasteiger partial charge < -0.3 is 5.32 Å². The Morgan fingerprint density at radius 3 is 2.69 bits per heavy atom. The Kier molecular flexibility index (Phi) is 7.08. The van der Waals surface area contributed by atoms with E-state index in [0.717, 1.165) is 17.3 Å². The van der Waals surface area contributed by atoms with Crippen molar-refractivity contribution < 1.29 is 9.59 Å². The van der Waals surface area contributed by atoms with Gasteiger partial charge in [0.15, 0.2) is 11.0 Å². The number of halogens is 2. The summed E-state index contributed by atoms with van der Waals surface area (Å²) >= 11 is 13.4. The lowest BCUT2D eigenvalue weighted by Gasteiger charge is -2.11. The van der Waals surface area contributed by atoms with Gasteiger partial charge in [0.25, 0.3) is 0 Å². The van der Waals surface area contributed by atoms with Gasteiger partial charge in [-0.15, -0.1) is 10.2 Å². The van der Waals surface area contributed by atoms with Crippen molar-refractivity contribution in [2.24, 2.45) is 0 Å². The van der Waals surface area contributed by atoms with E-state index in [9.17, 15) is 9.59 Å². The van der Waals surface area contributed by atoms with E-state index in [2.05, 4.69) is 25.8 Å². The number of urea groups is 1. The van der Waals surface area contributed by atoms with Crippen LogP contribution >= 0.6 is 35.0 Å². The zero-order valence-corrected chi connectivity index (χ0v) is 17.6. The molecule has 0 saturated heterocycles. The standard InChI is InChI=1S/C18H16Cl2N6O2S/c1-2-22-17(28)23-15(27)10-29-18-25-24-16(11-4-3-7-21-9-11)26(18)12-5-6-13(19)14(20)8-12/h3-9H,2,10H2,1H3,(H2,22,23,27,28). The van der Waals surface area contributed by atoms with Crippen molar-refractivity contribution in [3.05, 3.63) is 52.8 Å². The third-order valence-electron chi connectivity index (χ3n) is 3.64. The number of hydrogen-bond donors (Lipinski definition) is 2. The molecule has 0 aliphatic rings. The molecule has 0 unspecified atom stereocenters. The quantitative estimate of drug-likeness (QED) is 0.556.